The number of azo groups is 1. The van der Waals surface area contributed by atoms with E-state index in [1.807, 2.05) is 20.8 Å². The monoisotopic (exact) mass is 1000 g/mol. The van der Waals surface area contributed by atoms with Gasteiger partial charge in [-0.05, 0) is 52.7 Å². The number of quaternary nitrogens is 1. The molecule has 0 saturated carbocycles. The van der Waals surface area contributed by atoms with Crippen LogP contribution in [0.2, 0.25) is 0 Å². The molecule has 0 bridgehead atoms. The number of carbonyl (C=O) groups is 3. The normalized spacial score (nSPS) is 26.4. The molecule has 5 unspecified atom stereocenters. The van der Waals surface area contributed by atoms with Crippen LogP contribution in [-0.2, 0) is 28.6 Å². The minimum atomic E-state index is -1.79. The predicted molar refractivity (Wildman–Crippen MR) is 248 cm³/mol. The van der Waals surface area contributed by atoms with Crippen molar-refractivity contribution in [2.75, 3.05) is 72.0 Å². The van der Waals surface area contributed by atoms with Crippen LogP contribution in [0.3, 0.4) is 0 Å². The number of amidine groups is 2. The van der Waals surface area contributed by atoms with E-state index in [2.05, 4.69) is 42.0 Å². The summed E-state index contributed by atoms with van der Waals surface area (Å²) in [5, 5.41) is 100. The zero-order valence-electron chi connectivity index (χ0n) is 41.1. The molecule has 2 heterocycles. The number of ether oxygens (including phenoxy) is 3. The number of nitrogens with zero attached hydrogens (tertiary/aromatic N) is 4. The lowest BCUT2D eigenvalue weighted by atomic mass is 9.80. The van der Waals surface area contributed by atoms with Gasteiger partial charge in [0.05, 0.1) is 40.9 Å². The van der Waals surface area contributed by atoms with Crippen LogP contribution in [-0.4, -0.2) is 219 Å². The maximum Gasteiger partial charge on any atom is 0.225 e. The number of hydrogen-bond acceptors (Lipinski definition) is 18. The van der Waals surface area contributed by atoms with Crippen LogP contribution in [0, 0.1) is 22.2 Å². The van der Waals surface area contributed by atoms with E-state index in [1.54, 1.807) is 39.5 Å². The van der Waals surface area contributed by atoms with Gasteiger partial charge in [0.2, 0.25) is 17.7 Å². The van der Waals surface area contributed by atoms with Crippen LogP contribution in [0.5, 0.6) is 0 Å². The third-order valence-corrected chi connectivity index (χ3v) is 12.4. The van der Waals surface area contributed by atoms with Gasteiger partial charge in [-0.1, -0.05) is 20.8 Å². The predicted octanol–water partition coefficient (Wildman–Crippen LogP) is -4.77. The summed E-state index contributed by atoms with van der Waals surface area (Å²) in [5.41, 5.74) is 8.26. The van der Waals surface area contributed by atoms with Crippen molar-refractivity contribution in [1.82, 2.24) is 15.5 Å². The summed E-state index contributed by atoms with van der Waals surface area (Å²) < 4.78 is 17.6. The van der Waals surface area contributed by atoms with Gasteiger partial charge >= 0.3 is 0 Å². The number of halogens is 1. The fourth-order valence-electron chi connectivity index (χ4n) is 6.60. The number of amides is 3. The van der Waals surface area contributed by atoms with Gasteiger partial charge in [-0.2, -0.15) is 22.0 Å². The number of nitrogens with two attached hydrogens (primary N) is 2. The van der Waals surface area contributed by atoms with Crippen molar-refractivity contribution in [3.8, 4) is 0 Å². The summed E-state index contributed by atoms with van der Waals surface area (Å²) in [6, 6.07) is 0. The molecule has 2 fully saturated rings. The molecule has 2 rings (SSSR count). The molecule has 0 aromatic heterocycles. The number of rotatable bonds is 25. The molecular weight excluding hydrogens is 920 g/mol. The highest BCUT2D eigenvalue weighted by molar-refractivity contribution is 7.99. The fourth-order valence-corrected chi connectivity index (χ4v) is 7.39. The summed E-state index contributed by atoms with van der Waals surface area (Å²) in [6.07, 6.45) is -13.3. The Bertz CT molecular complexity index is 1560. The molecule has 0 radical (unpaired) electrons. The first kappa shape index (κ1) is 64.2. The molecule has 392 valence electrons. The van der Waals surface area contributed by atoms with E-state index in [-0.39, 0.29) is 48.4 Å². The Morgan fingerprint density at radius 3 is 1.84 bits per heavy atom. The van der Waals surface area contributed by atoms with E-state index in [1.165, 1.54) is 11.8 Å². The van der Waals surface area contributed by atoms with E-state index in [0.717, 1.165) is 17.4 Å². The highest BCUT2D eigenvalue weighted by atomic mass is 35.5. The zero-order chi connectivity index (χ0) is 51.0. The van der Waals surface area contributed by atoms with Gasteiger partial charge in [0.15, 0.2) is 12.5 Å². The van der Waals surface area contributed by atoms with Gasteiger partial charge in [-0.3, -0.25) is 25.2 Å². The van der Waals surface area contributed by atoms with Crippen molar-refractivity contribution < 1.29 is 81.2 Å². The van der Waals surface area contributed by atoms with Gasteiger partial charge in [0.25, 0.3) is 0 Å². The van der Waals surface area contributed by atoms with E-state index < -0.39 is 97.0 Å². The lowest BCUT2D eigenvalue weighted by Crippen LogP contribution is -3.00. The molecule has 67 heavy (non-hydrogen) atoms. The Kier molecular flexibility index (Phi) is 27.5. The van der Waals surface area contributed by atoms with E-state index >= 15 is 0 Å². The van der Waals surface area contributed by atoms with Gasteiger partial charge in [0.1, 0.15) is 71.6 Å². The molecule has 0 spiro atoms. The van der Waals surface area contributed by atoms with E-state index in [0.29, 0.717) is 43.9 Å². The van der Waals surface area contributed by atoms with E-state index in [9.17, 15) is 50.1 Å². The minimum Gasteiger partial charge on any atom is -1.00 e. The molecule has 15 N–H and O–H groups in total. The number of aliphatic hydroxyl groups is 7. The van der Waals surface area contributed by atoms with Gasteiger partial charge < -0.3 is 93.8 Å². The lowest BCUT2D eigenvalue weighted by molar-refractivity contribution is -0.870. The smallest absolute Gasteiger partial charge is 0.225 e. The second kappa shape index (κ2) is 28.7. The van der Waals surface area contributed by atoms with Gasteiger partial charge in [-0.15, -0.1) is 0 Å². The third kappa shape index (κ3) is 20.6. The maximum atomic E-state index is 13.0. The number of carbonyl (C=O) groups excluding carboxylic acids is 3. The third-order valence-electron chi connectivity index (χ3n) is 11.3. The molecule has 23 nitrogen and oxygen atoms in total. The molecule has 0 aromatic carbocycles. The first-order valence-corrected chi connectivity index (χ1v) is 23.5. The first-order chi connectivity index (χ1) is 30.4. The Hall–Kier alpha value is -2.85. The van der Waals surface area contributed by atoms with Crippen molar-refractivity contribution in [1.29, 1.82) is 10.8 Å². The highest BCUT2D eigenvalue weighted by Gasteiger charge is 2.51. The summed E-state index contributed by atoms with van der Waals surface area (Å²) in [7, 11) is 6.31. The van der Waals surface area contributed by atoms with E-state index in [4.69, 9.17) is 36.5 Å². The van der Waals surface area contributed by atoms with Crippen molar-refractivity contribution in [3.05, 3.63) is 0 Å². The second-order valence-corrected chi connectivity index (χ2v) is 20.7. The van der Waals surface area contributed by atoms with Crippen molar-refractivity contribution in [2.24, 2.45) is 33.0 Å². The second-order valence-electron chi connectivity index (χ2n) is 19.5. The number of nitrogens with one attached hydrogen (secondary N) is 4. The van der Waals surface area contributed by atoms with Crippen molar-refractivity contribution in [2.45, 2.75) is 154 Å². The summed E-state index contributed by atoms with van der Waals surface area (Å²) in [5.74, 6) is 0.114. The average Bonchev–Trinajstić information content (AvgIpc) is 3.23. The topological polar surface area (TPSA) is 372 Å². The largest absolute Gasteiger partial charge is 1.00 e. The first-order valence-electron chi connectivity index (χ1n) is 22.3. The summed E-state index contributed by atoms with van der Waals surface area (Å²) in [4.78, 5) is 39.6. The SMILES string of the molecule is CC(C)(N=NC(C)(C)C(=N)N)C(=N)N.CCC(CC(C)(C)C(=O)NCCC[N+](C)(C)C)C(=O)NCCSCCCN(C(C)=O)[C@@H]1O[C@@H](CO)[C@@H](O[C@@H]2OC(CO)[C@@H](O)[C@H](O)C2O)C(O)C1O.[Cl-]. The van der Waals surface area contributed by atoms with Crippen LogP contribution in [0.25, 0.3) is 0 Å². The molecule has 0 aliphatic carbocycles. The summed E-state index contributed by atoms with van der Waals surface area (Å²) in [6.45, 7) is 14.3. The molecule has 3 amide bonds. The maximum absolute atomic E-state index is 13.0. The van der Waals surface area contributed by atoms with Crippen molar-refractivity contribution in [3.63, 3.8) is 0 Å². The van der Waals surface area contributed by atoms with Crippen LogP contribution in [0.15, 0.2) is 10.2 Å². The summed E-state index contributed by atoms with van der Waals surface area (Å²) >= 11 is 1.55. The molecular formula is C42H83ClN10O13S. The fraction of sp³-hybridized carbons (Fsp3) is 0.881. The minimum absolute atomic E-state index is 0. The van der Waals surface area contributed by atoms with Crippen LogP contribution in [0.1, 0.15) is 81.1 Å². The molecule has 0 aromatic rings. The van der Waals surface area contributed by atoms with Gasteiger partial charge in [-0.25, -0.2) is 0 Å². The molecule has 2 saturated heterocycles. The average molecular weight is 1000 g/mol. The Labute approximate surface area is 406 Å². The Balaban J connectivity index is 0.00000249. The zero-order valence-corrected chi connectivity index (χ0v) is 42.7. The lowest BCUT2D eigenvalue weighted by Gasteiger charge is -2.48. The highest BCUT2D eigenvalue weighted by Crippen LogP contribution is 2.31. The van der Waals surface area contributed by atoms with Crippen LogP contribution < -0.4 is 34.5 Å². The van der Waals surface area contributed by atoms with Crippen LogP contribution in [0.4, 0.5) is 0 Å². The molecule has 25 heteroatoms. The standard InChI is InChI=1S/C34H64N4O13S.C8H18N6.ClH/c1-8-21(17-34(3,4)33(48)36-11-9-14-38(5,6)7)30(47)35-12-16-52-15-10-13-37(20(2)41)31-27(45)26(44)29(23(19-40)49-31)51-32-28(46)25(43)24(42)22(18-39)50-32;1-7(2,5(9)10)13-14-8(3,4)6(11)12;/h21-29,31-32,39-40,42-46H,8-19H2,1-7H3,(H-,35,36,47,48);1-4H3,(H3,9,10)(H3,11,12);1H/t21?,22?,23-,24+,25-,26?,27?,28?,29+,31+,32-;;/m0../s1. The molecule has 2 aliphatic rings. The van der Waals surface area contributed by atoms with Crippen LogP contribution >= 0.6 is 11.8 Å². The molecule has 11 atom stereocenters. The van der Waals surface area contributed by atoms with Gasteiger partial charge in [0, 0.05) is 50.1 Å². The Morgan fingerprint density at radius 1 is 0.806 bits per heavy atom. The number of aliphatic hydroxyl groups excluding tert-OH is 7. The van der Waals surface area contributed by atoms with Crippen molar-refractivity contribution >= 4 is 41.2 Å². The molecule has 2 aliphatic heterocycles. The number of thioether (sulfide) groups is 1. The number of hydrogen-bond donors (Lipinski definition) is 13. The quantitative estimate of drug-likeness (QED) is 0.0134. The Morgan fingerprint density at radius 2 is 1.36 bits per heavy atom.